The molecule has 2 aromatic carbocycles. The van der Waals surface area contributed by atoms with Crippen molar-refractivity contribution in [2.24, 2.45) is 5.92 Å². The molecule has 154 valence electrons. The van der Waals surface area contributed by atoms with E-state index >= 15 is 0 Å². The normalized spacial score (nSPS) is 20.6. The van der Waals surface area contributed by atoms with Crippen LogP contribution in [0.5, 0.6) is 23.0 Å². The van der Waals surface area contributed by atoms with Crippen molar-refractivity contribution in [1.82, 2.24) is 4.90 Å². The average molecular weight is 397 g/mol. The number of likely N-dealkylation sites (tertiary alicyclic amines) is 1. The highest BCUT2D eigenvalue weighted by molar-refractivity contribution is 5.81. The SMILES string of the molecule is COc1ccc([C@@H]2CCCN2C(=O)[C@H]2COc3c(cccc3OC)C2)c(OC)c1. The highest BCUT2D eigenvalue weighted by atomic mass is 16.5. The molecule has 1 fully saturated rings. The molecule has 6 heteroatoms. The van der Waals surface area contributed by atoms with Crippen molar-refractivity contribution in [3.8, 4) is 23.0 Å². The molecule has 2 aliphatic rings. The highest BCUT2D eigenvalue weighted by Crippen LogP contribution is 2.41. The van der Waals surface area contributed by atoms with E-state index in [1.54, 1.807) is 21.3 Å². The van der Waals surface area contributed by atoms with Crippen LogP contribution in [0.15, 0.2) is 36.4 Å². The Kier molecular flexibility index (Phi) is 5.51. The van der Waals surface area contributed by atoms with Gasteiger partial charge in [0.05, 0.1) is 33.3 Å². The summed E-state index contributed by atoms with van der Waals surface area (Å²) in [5, 5.41) is 0. The minimum atomic E-state index is -0.195. The third-order valence-corrected chi connectivity index (χ3v) is 5.86. The molecule has 6 nitrogen and oxygen atoms in total. The van der Waals surface area contributed by atoms with Crippen molar-refractivity contribution in [2.45, 2.75) is 25.3 Å². The van der Waals surface area contributed by atoms with Gasteiger partial charge in [0.25, 0.3) is 0 Å². The summed E-state index contributed by atoms with van der Waals surface area (Å²) >= 11 is 0. The van der Waals surface area contributed by atoms with Gasteiger partial charge in [0.1, 0.15) is 18.1 Å². The summed E-state index contributed by atoms with van der Waals surface area (Å²) < 4.78 is 22.2. The second kappa shape index (κ2) is 8.23. The van der Waals surface area contributed by atoms with E-state index in [-0.39, 0.29) is 17.9 Å². The standard InChI is InChI=1S/C23H27NO5/c1-26-17-9-10-18(21(13-17)28-3)19-7-5-11-24(19)23(25)16-12-15-6-4-8-20(27-2)22(15)29-14-16/h4,6,8-10,13,16,19H,5,7,11-12,14H2,1-3H3/t16-,19+/m1/s1. The Labute approximate surface area is 171 Å². The third-order valence-electron chi connectivity index (χ3n) is 5.86. The number of nitrogens with zero attached hydrogens (tertiary/aromatic N) is 1. The average Bonchev–Trinajstić information content (AvgIpc) is 3.26. The first-order valence-corrected chi connectivity index (χ1v) is 9.97. The van der Waals surface area contributed by atoms with Crippen LogP contribution in [-0.4, -0.2) is 45.3 Å². The van der Waals surface area contributed by atoms with E-state index < -0.39 is 0 Å². The van der Waals surface area contributed by atoms with Crippen LogP contribution >= 0.6 is 0 Å². The molecule has 2 atom stereocenters. The lowest BCUT2D eigenvalue weighted by molar-refractivity contribution is -0.137. The van der Waals surface area contributed by atoms with Gasteiger partial charge in [0.2, 0.25) is 5.91 Å². The van der Waals surface area contributed by atoms with E-state index in [0.29, 0.717) is 13.0 Å². The molecule has 0 radical (unpaired) electrons. The molecule has 2 heterocycles. The summed E-state index contributed by atoms with van der Waals surface area (Å²) in [6, 6.07) is 11.6. The summed E-state index contributed by atoms with van der Waals surface area (Å²) in [7, 11) is 4.92. The molecule has 0 unspecified atom stereocenters. The monoisotopic (exact) mass is 397 g/mol. The van der Waals surface area contributed by atoms with E-state index in [1.807, 2.05) is 41.3 Å². The molecule has 2 aromatic rings. The highest BCUT2D eigenvalue weighted by Gasteiger charge is 2.37. The van der Waals surface area contributed by atoms with Crippen molar-refractivity contribution in [1.29, 1.82) is 0 Å². The van der Waals surface area contributed by atoms with E-state index in [0.717, 1.165) is 53.5 Å². The number of hydrogen-bond acceptors (Lipinski definition) is 5. The summed E-state index contributed by atoms with van der Waals surface area (Å²) in [5.74, 6) is 2.92. The maximum absolute atomic E-state index is 13.4. The number of amides is 1. The van der Waals surface area contributed by atoms with Gasteiger partial charge in [-0.3, -0.25) is 4.79 Å². The molecule has 0 saturated carbocycles. The quantitative estimate of drug-likeness (QED) is 0.771. The largest absolute Gasteiger partial charge is 0.497 e. The minimum absolute atomic E-state index is 0.00932. The van der Waals surface area contributed by atoms with Crippen LogP contribution < -0.4 is 18.9 Å². The van der Waals surface area contributed by atoms with Crippen LogP contribution in [0.25, 0.3) is 0 Å². The molecule has 4 rings (SSSR count). The molecule has 0 aliphatic carbocycles. The fourth-order valence-corrected chi connectivity index (χ4v) is 4.40. The molecule has 0 bridgehead atoms. The maximum Gasteiger partial charge on any atom is 0.229 e. The van der Waals surface area contributed by atoms with Crippen LogP contribution in [0, 0.1) is 5.92 Å². The first-order valence-electron chi connectivity index (χ1n) is 9.97. The second-order valence-electron chi connectivity index (χ2n) is 7.46. The molecular formula is C23H27NO5. The van der Waals surface area contributed by atoms with E-state index in [2.05, 4.69) is 0 Å². The number of benzene rings is 2. The first kappa shape index (κ1) is 19.4. The van der Waals surface area contributed by atoms with Gasteiger partial charge in [0.15, 0.2) is 11.5 Å². The van der Waals surface area contributed by atoms with Gasteiger partial charge in [-0.25, -0.2) is 0 Å². The number of para-hydroxylation sites is 1. The molecule has 1 amide bonds. The summed E-state index contributed by atoms with van der Waals surface area (Å²) in [5.41, 5.74) is 2.05. The predicted octanol–water partition coefficient (Wildman–Crippen LogP) is 3.63. The lowest BCUT2D eigenvalue weighted by Crippen LogP contribution is -2.40. The molecule has 29 heavy (non-hydrogen) atoms. The number of fused-ring (bicyclic) bond motifs is 1. The lowest BCUT2D eigenvalue weighted by atomic mass is 9.94. The van der Waals surface area contributed by atoms with Gasteiger partial charge in [-0.05, 0) is 43.0 Å². The number of methoxy groups -OCH3 is 3. The van der Waals surface area contributed by atoms with Gasteiger partial charge in [0, 0.05) is 18.2 Å². The number of rotatable bonds is 5. The predicted molar refractivity (Wildman–Crippen MR) is 109 cm³/mol. The Bertz CT molecular complexity index is 897. The lowest BCUT2D eigenvalue weighted by Gasteiger charge is -2.32. The summed E-state index contributed by atoms with van der Waals surface area (Å²) in [6.45, 7) is 1.12. The van der Waals surface area contributed by atoms with Crippen molar-refractivity contribution in [2.75, 3.05) is 34.5 Å². The van der Waals surface area contributed by atoms with Crippen LogP contribution in [-0.2, 0) is 11.2 Å². The maximum atomic E-state index is 13.4. The second-order valence-corrected chi connectivity index (χ2v) is 7.46. The van der Waals surface area contributed by atoms with Crippen molar-refractivity contribution >= 4 is 5.91 Å². The first-order chi connectivity index (χ1) is 14.2. The molecular weight excluding hydrogens is 370 g/mol. The zero-order valence-electron chi connectivity index (χ0n) is 17.1. The van der Waals surface area contributed by atoms with Gasteiger partial charge in [-0.1, -0.05) is 12.1 Å². The zero-order chi connectivity index (χ0) is 20.4. The van der Waals surface area contributed by atoms with Crippen LogP contribution in [0.2, 0.25) is 0 Å². The third kappa shape index (κ3) is 3.59. The molecule has 0 N–H and O–H groups in total. The minimum Gasteiger partial charge on any atom is -0.497 e. The molecule has 0 spiro atoms. The number of hydrogen-bond donors (Lipinski definition) is 0. The smallest absolute Gasteiger partial charge is 0.229 e. The van der Waals surface area contributed by atoms with Crippen LogP contribution in [0.1, 0.15) is 30.0 Å². The zero-order valence-corrected chi connectivity index (χ0v) is 17.1. The van der Waals surface area contributed by atoms with Gasteiger partial charge in [-0.2, -0.15) is 0 Å². The van der Waals surface area contributed by atoms with Crippen molar-refractivity contribution in [3.63, 3.8) is 0 Å². The fourth-order valence-electron chi connectivity index (χ4n) is 4.40. The summed E-state index contributed by atoms with van der Waals surface area (Å²) in [4.78, 5) is 15.4. The molecule has 0 aromatic heterocycles. The fraction of sp³-hybridized carbons (Fsp3) is 0.435. The Hall–Kier alpha value is -2.89. The van der Waals surface area contributed by atoms with Gasteiger partial charge < -0.3 is 23.8 Å². The van der Waals surface area contributed by atoms with Gasteiger partial charge >= 0.3 is 0 Å². The summed E-state index contributed by atoms with van der Waals surface area (Å²) in [6.07, 6.45) is 2.56. The number of ether oxygens (including phenoxy) is 4. The Balaban J connectivity index is 1.56. The Morgan fingerprint density at radius 3 is 2.66 bits per heavy atom. The van der Waals surface area contributed by atoms with E-state index in [1.165, 1.54) is 0 Å². The Morgan fingerprint density at radius 2 is 1.90 bits per heavy atom. The van der Waals surface area contributed by atoms with Gasteiger partial charge in [-0.15, -0.1) is 0 Å². The topological polar surface area (TPSA) is 57.2 Å². The number of carbonyl (C=O) groups is 1. The van der Waals surface area contributed by atoms with Crippen molar-refractivity contribution < 1.29 is 23.7 Å². The molecule has 2 aliphatic heterocycles. The van der Waals surface area contributed by atoms with Crippen LogP contribution in [0.4, 0.5) is 0 Å². The van der Waals surface area contributed by atoms with Crippen LogP contribution in [0.3, 0.4) is 0 Å². The number of carbonyl (C=O) groups excluding carboxylic acids is 1. The van der Waals surface area contributed by atoms with Crippen molar-refractivity contribution in [3.05, 3.63) is 47.5 Å². The van der Waals surface area contributed by atoms with E-state index in [9.17, 15) is 4.79 Å². The van der Waals surface area contributed by atoms with E-state index in [4.69, 9.17) is 18.9 Å². The Morgan fingerprint density at radius 1 is 1.07 bits per heavy atom. The molecule has 1 saturated heterocycles.